The van der Waals surface area contributed by atoms with Crippen LogP contribution in [-0.2, 0) is 4.74 Å². The molecule has 0 bridgehead atoms. The van der Waals surface area contributed by atoms with E-state index in [0.717, 1.165) is 5.56 Å². The standard InChI is InChI=1S/C12H12O2/c1-4-10(3)14-12(13)11-7-5-6-9(2)8-11/h1,5-8,10H,2-3H3. The van der Waals surface area contributed by atoms with Crippen molar-refractivity contribution in [2.75, 3.05) is 0 Å². The van der Waals surface area contributed by atoms with Crippen LogP contribution in [0.25, 0.3) is 0 Å². The number of esters is 1. The Bertz CT molecular complexity index is 374. The van der Waals surface area contributed by atoms with E-state index in [2.05, 4.69) is 5.92 Å². The number of terminal acetylenes is 1. The molecule has 0 amide bonds. The maximum Gasteiger partial charge on any atom is 0.339 e. The molecule has 0 saturated carbocycles. The Morgan fingerprint density at radius 3 is 2.86 bits per heavy atom. The van der Waals surface area contributed by atoms with Crippen LogP contribution in [0, 0.1) is 19.3 Å². The van der Waals surface area contributed by atoms with E-state index in [-0.39, 0.29) is 5.97 Å². The van der Waals surface area contributed by atoms with Gasteiger partial charge in [-0.1, -0.05) is 23.6 Å². The molecule has 1 atom stereocenters. The largest absolute Gasteiger partial charge is 0.446 e. The lowest BCUT2D eigenvalue weighted by Crippen LogP contribution is -2.13. The zero-order valence-electron chi connectivity index (χ0n) is 8.28. The molecule has 0 aliphatic carbocycles. The number of rotatable bonds is 2. The summed E-state index contributed by atoms with van der Waals surface area (Å²) in [4.78, 5) is 11.4. The molecular formula is C12H12O2. The van der Waals surface area contributed by atoms with Gasteiger partial charge in [0.25, 0.3) is 0 Å². The number of benzene rings is 1. The third kappa shape index (κ3) is 2.63. The van der Waals surface area contributed by atoms with Gasteiger partial charge in [-0.3, -0.25) is 0 Å². The van der Waals surface area contributed by atoms with Crippen molar-refractivity contribution in [2.45, 2.75) is 20.0 Å². The molecule has 0 saturated heterocycles. The SMILES string of the molecule is C#CC(C)OC(=O)c1cccc(C)c1. The molecular weight excluding hydrogens is 176 g/mol. The summed E-state index contributed by atoms with van der Waals surface area (Å²) in [6.07, 6.45) is 4.62. The number of ether oxygens (including phenoxy) is 1. The van der Waals surface area contributed by atoms with Crippen LogP contribution in [0.2, 0.25) is 0 Å². The first kappa shape index (κ1) is 10.3. The lowest BCUT2D eigenvalue weighted by molar-refractivity contribution is 0.0438. The average molecular weight is 188 g/mol. The minimum Gasteiger partial charge on any atom is -0.446 e. The second-order valence-electron chi connectivity index (χ2n) is 3.08. The van der Waals surface area contributed by atoms with Gasteiger partial charge in [-0.05, 0) is 26.0 Å². The van der Waals surface area contributed by atoms with Gasteiger partial charge in [0, 0.05) is 0 Å². The predicted octanol–water partition coefficient (Wildman–Crippen LogP) is 2.17. The average Bonchev–Trinajstić information content (AvgIpc) is 2.17. The van der Waals surface area contributed by atoms with E-state index >= 15 is 0 Å². The van der Waals surface area contributed by atoms with E-state index in [0.29, 0.717) is 5.56 Å². The molecule has 2 nitrogen and oxygen atoms in total. The number of hydrogen-bond donors (Lipinski definition) is 0. The van der Waals surface area contributed by atoms with Crippen molar-refractivity contribution in [1.29, 1.82) is 0 Å². The van der Waals surface area contributed by atoms with Crippen molar-refractivity contribution in [3.05, 3.63) is 35.4 Å². The van der Waals surface area contributed by atoms with Gasteiger partial charge in [-0.15, -0.1) is 6.42 Å². The van der Waals surface area contributed by atoms with Crippen LogP contribution < -0.4 is 0 Å². The lowest BCUT2D eigenvalue weighted by Gasteiger charge is -2.07. The minimum atomic E-state index is -0.483. The third-order valence-electron chi connectivity index (χ3n) is 1.77. The van der Waals surface area contributed by atoms with Gasteiger partial charge >= 0.3 is 5.97 Å². The molecule has 1 aromatic carbocycles. The van der Waals surface area contributed by atoms with Gasteiger partial charge in [0.05, 0.1) is 5.56 Å². The third-order valence-corrected chi connectivity index (χ3v) is 1.77. The smallest absolute Gasteiger partial charge is 0.339 e. The van der Waals surface area contributed by atoms with E-state index in [1.54, 1.807) is 19.1 Å². The van der Waals surface area contributed by atoms with Crippen molar-refractivity contribution in [3.8, 4) is 12.3 Å². The number of carbonyl (C=O) groups excluding carboxylic acids is 1. The second kappa shape index (κ2) is 4.48. The van der Waals surface area contributed by atoms with Crippen LogP contribution in [-0.4, -0.2) is 12.1 Å². The second-order valence-corrected chi connectivity index (χ2v) is 3.08. The summed E-state index contributed by atoms with van der Waals surface area (Å²) in [5.41, 5.74) is 1.56. The fourth-order valence-electron chi connectivity index (χ4n) is 1.03. The van der Waals surface area contributed by atoms with Crippen LogP contribution in [0.4, 0.5) is 0 Å². The van der Waals surface area contributed by atoms with Gasteiger partial charge in [-0.25, -0.2) is 4.79 Å². The van der Waals surface area contributed by atoms with E-state index in [9.17, 15) is 4.79 Å². The Kier molecular flexibility index (Phi) is 3.30. The molecule has 0 radical (unpaired) electrons. The maximum absolute atomic E-state index is 11.4. The van der Waals surface area contributed by atoms with Crippen molar-refractivity contribution in [1.82, 2.24) is 0 Å². The Morgan fingerprint density at radius 2 is 2.29 bits per heavy atom. The summed E-state index contributed by atoms with van der Waals surface area (Å²) in [6.45, 7) is 3.58. The molecule has 72 valence electrons. The zero-order chi connectivity index (χ0) is 10.6. The van der Waals surface area contributed by atoms with E-state index in [1.165, 1.54) is 0 Å². The number of hydrogen-bond acceptors (Lipinski definition) is 2. The summed E-state index contributed by atoms with van der Waals surface area (Å²) in [7, 11) is 0. The molecule has 1 rings (SSSR count). The minimum absolute atomic E-state index is 0.376. The zero-order valence-corrected chi connectivity index (χ0v) is 8.28. The molecule has 1 aromatic rings. The topological polar surface area (TPSA) is 26.3 Å². The van der Waals surface area contributed by atoms with E-state index in [4.69, 9.17) is 11.2 Å². The lowest BCUT2D eigenvalue weighted by atomic mass is 10.1. The van der Waals surface area contributed by atoms with Crippen molar-refractivity contribution >= 4 is 5.97 Å². The highest BCUT2D eigenvalue weighted by Crippen LogP contribution is 2.06. The summed E-state index contributed by atoms with van der Waals surface area (Å²) in [5.74, 6) is 1.96. The molecule has 0 N–H and O–H groups in total. The van der Waals surface area contributed by atoms with Crippen LogP contribution in [0.3, 0.4) is 0 Å². The summed E-state index contributed by atoms with van der Waals surface area (Å²) in [5, 5.41) is 0. The normalized spacial score (nSPS) is 11.5. The van der Waals surface area contributed by atoms with Crippen molar-refractivity contribution in [3.63, 3.8) is 0 Å². The fourth-order valence-corrected chi connectivity index (χ4v) is 1.03. The molecule has 0 fully saturated rings. The summed E-state index contributed by atoms with van der Waals surface area (Å²) in [6, 6.07) is 7.21. The number of carbonyl (C=O) groups is 1. The molecule has 14 heavy (non-hydrogen) atoms. The van der Waals surface area contributed by atoms with Gasteiger partial charge in [0.2, 0.25) is 0 Å². The van der Waals surface area contributed by atoms with E-state index in [1.807, 2.05) is 19.1 Å². The molecule has 2 heteroatoms. The van der Waals surface area contributed by atoms with Gasteiger partial charge in [0.15, 0.2) is 6.10 Å². The Labute approximate surface area is 83.9 Å². The number of aryl methyl sites for hydroxylation is 1. The monoisotopic (exact) mass is 188 g/mol. The Balaban J connectivity index is 2.76. The van der Waals surface area contributed by atoms with Crippen LogP contribution in [0.15, 0.2) is 24.3 Å². The molecule has 0 aliphatic rings. The van der Waals surface area contributed by atoms with Gasteiger partial charge in [-0.2, -0.15) is 0 Å². The maximum atomic E-state index is 11.4. The van der Waals surface area contributed by atoms with Gasteiger partial charge in [0.1, 0.15) is 0 Å². The summed E-state index contributed by atoms with van der Waals surface area (Å²) >= 11 is 0. The van der Waals surface area contributed by atoms with Crippen LogP contribution in [0.5, 0.6) is 0 Å². The van der Waals surface area contributed by atoms with Crippen LogP contribution >= 0.6 is 0 Å². The fraction of sp³-hybridized carbons (Fsp3) is 0.250. The Hall–Kier alpha value is -1.75. The highest BCUT2D eigenvalue weighted by Gasteiger charge is 2.09. The molecule has 1 unspecified atom stereocenters. The highest BCUT2D eigenvalue weighted by atomic mass is 16.5. The first-order valence-electron chi connectivity index (χ1n) is 4.37. The van der Waals surface area contributed by atoms with E-state index < -0.39 is 6.10 Å². The Morgan fingerprint density at radius 1 is 1.57 bits per heavy atom. The molecule has 0 spiro atoms. The first-order chi connectivity index (χ1) is 6.63. The highest BCUT2D eigenvalue weighted by molar-refractivity contribution is 5.89. The molecule has 0 aromatic heterocycles. The summed E-state index contributed by atoms with van der Waals surface area (Å²) < 4.78 is 4.97. The van der Waals surface area contributed by atoms with Crippen LogP contribution in [0.1, 0.15) is 22.8 Å². The molecule has 0 heterocycles. The van der Waals surface area contributed by atoms with Crippen molar-refractivity contribution in [2.24, 2.45) is 0 Å². The van der Waals surface area contributed by atoms with Crippen molar-refractivity contribution < 1.29 is 9.53 Å². The first-order valence-corrected chi connectivity index (χ1v) is 4.37. The predicted molar refractivity (Wildman–Crippen MR) is 54.9 cm³/mol. The quantitative estimate of drug-likeness (QED) is 0.525. The van der Waals surface area contributed by atoms with Gasteiger partial charge < -0.3 is 4.74 Å². The molecule has 0 aliphatic heterocycles.